The maximum absolute atomic E-state index is 5.52. The zero-order valence-corrected chi connectivity index (χ0v) is 13.1. The summed E-state index contributed by atoms with van der Waals surface area (Å²) in [6.45, 7) is 3.05. The van der Waals surface area contributed by atoms with E-state index in [9.17, 15) is 0 Å². The third-order valence-electron chi connectivity index (χ3n) is 3.52. The Balaban J connectivity index is 2.43. The molecule has 0 aliphatic carbocycles. The summed E-state index contributed by atoms with van der Waals surface area (Å²) in [4.78, 5) is 0. The maximum atomic E-state index is 5.52. The quantitative estimate of drug-likeness (QED) is 0.851. The molecule has 0 spiro atoms. The second kappa shape index (κ2) is 7.13. The van der Waals surface area contributed by atoms with Gasteiger partial charge in [0.2, 0.25) is 0 Å². The van der Waals surface area contributed by atoms with E-state index < -0.39 is 0 Å². The number of hydrogen-bond donors (Lipinski definition) is 1. The third-order valence-corrected chi connectivity index (χ3v) is 3.52. The van der Waals surface area contributed by atoms with Crippen molar-refractivity contribution in [3.8, 4) is 11.5 Å². The van der Waals surface area contributed by atoms with Crippen molar-refractivity contribution >= 4 is 0 Å². The molecule has 0 amide bonds. The SMILES string of the molecule is CCCn1nccc1C(NC)c1ccc(OC)cc1OC. The summed E-state index contributed by atoms with van der Waals surface area (Å²) >= 11 is 0. The average molecular weight is 289 g/mol. The number of aromatic nitrogens is 2. The Morgan fingerprint density at radius 3 is 2.67 bits per heavy atom. The van der Waals surface area contributed by atoms with Crippen LogP contribution in [0.25, 0.3) is 0 Å². The Labute approximate surface area is 125 Å². The standard InChI is InChI=1S/C16H23N3O2/c1-5-10-19-14(8-9-18-19)16(17-2)13-7-6-12(20-3)11-15(13)21-4/h6-9,11,16-17H,5,10H2,1-4H3. The van der Waals surface area contributed by atoms with E-state index in [0.717, 1.165) is 35.7 Å². The van der Waals surface area contributed by atoms with Gasteiger partial charge in [-0.2, -0.15) is 5.10 Å². The van der Waals surface area contributed by atoms with Crippen LogP contribution in [-0.2, 0) is 6.54 Å². The van der Waals surface area contributed by atoms with Crippen molar-refractivity contribution in [2.45, 2.75) is 25.9 Å². The number of ether oxygens (including phenoxy) is 2. The van der Waals surface area contributed by atoms with Crippen LogP contribution in [0.3, 0.4) is 0 Å². The highest BCUT2D eigenvalue weighted by atomic mass is 16.5. The van der Waals surface area contributed by atoms with Gasteiger partial charge >= 0.3 is 0 Å². The zero-order chi connectivity index (χ0) is 15.2. The number of nitrogens with zero attached hydrogens (tertiary/aromatic N) is 2. The van der Waals surface area contributed by atoms with Crippen LogP contribution in [0.1, 0.15) is 30.6 Å². The first-order valence-electron chi connectivity index (χ1n) is 7.16. The Kier molecular flexibility index (Phi) is 5.22. The molecule has 21 heavy (non-hydrogen) atoms. The maximum Gasteiger partial charge on any atom is 0.127 e. The van der Waals surface area contributed by atoms with E-state index in [1.165, 1.54) is 0 Å². The van der Waals surface area contributed by atoms with Gasteiger partial charge < -0.3 is 14.8 Å². The second-order valence-electron chi connectivity index (χ2n) is 4.81. The van der Waals surface area contributed by atoms with Crippen molar-refractivity contribution in [1.29, 1.82) is 0 Å². The first kappa shape index (κ1) is 15.4. The Bertz CT molecular complexity index is 581. The molecule has 2 aromatic rings. The predicted octanol–water partition coefficient (Wildman–Crippen LogP) is 2.62. The second-order valence-corrected chi connectivity index (χ2v) is 4.81. The lowest BCUT2D eigenvalue weighted by molar-refractivity contribution is 0.387. The van der Waals surface area contributed by atoms with Gasteiger partial charge in [-0.3, -0.25) is 4.68 Å². The molecule has 114 valence electrons. The molecule has 0 saturated carbocycles. The van der Waals surface area contributed by atoms with Gasteiger partial charge in [0.1, 0.15) is 11.5 Å². The van der Waals surface area contributed by atoms with Crippen LogP contribution in [0.2, 0.25) is 0 Å². The van der Waals surface area contributed by atoms with E-state index in [-0.39, 0.29) is 6.04 Å². The molecule has 5 nitrogen and oxygen atoms in total. The third kappa shape index (κ3) is 3.19. The van der Waals surface area contributed by atoms with Gasteiger partial charge in [-0.15, -0.1) is 0 Å². The van der Waals surface area contributed by atoms with Crippen molar-refractivity contribution in [3.63, 3.8) is 0 Å². The van der Waals surface area contributed by atoms with Crippen LogP contribution >= 0.6 is 0 Å². The summed E-state index contributed by atoms with van der Waals surface area (Å²) in [6, 6.07) is 7.95. The Morgan fingerprint density at radius 1 is 1.24 bits per heavy atom. The molecule has 0 radical (unpaired) electrons. The molecular formula is C16H23N3O2. The van der Waals surface area contributed by atoms with Gasteiger partial charge in [-0.25, -0.2) is 0 Å². The fourth-order valence-electron chi connectivity index (χ4n) is 2.51. The van der Waals surface area contributed by atoms with E-state index >= 15 is 0 Å². The van der Waals surface area contributed by atoms with E-state index in [1.54, 1.807) is 14.2 Å². The number of hydrogen-bond acceptors (Lipinski definition) is 4. The fourth-order valence-corrected chi connectivity index (χ4v) is 2.51. The lowest BCUT2D eigenvalue weighted by Crippen LogP contribution is -2.22. The Morgan fingerprint density at radius 2 is 2.05 bits per heavy atom. The number of nitrogens with one attached hydrogen (secondary N) is 1. The first-order chi connectivity index (χ1) is 10.2. The van der Waals surface area contributed by atoms with Gasteiger partial charge in [-0.05, 0) is 31.7 Å². The predicted molar refractivity (Wildman–Crippen MR) is 83.0 cm³/mol. The molecule has 0 fully saturated rings. The molecule has 0 aliphatic rings. The summed E-state index contributed by atoms with van der Waals surface area (Å²) in [5.74, 6) is 1.59. The first-order valence-corrected chi connectivity index (χ1v) is 7.16. The van der Waals surface area contributed by atoms with Crippen molar-refractivity contribution in [1.82, 2.24) is 15.1 Å². The molecule has 1 unspecified atom stereocenters. The number of rotatable bonds is 7. The molecule has 1 atom stereocenters. The van der Waals surface area contributed by atoms with E-state index in [1.807, 2.05) is 42.2 Å². The van der Waals surface area contributed by atoms with Gasteiger partial charge in [0, 0.05) is 24.4 Å². The van der Waals surface area contributed by atoms with Crippen molar-refractivity contribution in [2.24, 2.45) is 0 Å². The molecule has 1 N–H and O–H groups in total. The minimum absolute atomic E-state index is 0.0277. The fraction of sp³-hybridized carbons (Fsp3) is 0.438. The molecule has 5 heteroatoms. The highest BCUT2D eigenvalue weighted by Crippen LogP contribution is 2.32. The summed E-state index contributed by atoms with van der Waals surface area (Å²) in [6.07, 6.45) is 2.89. The minimum atomic E-state index is 0.0277. The highest BCUT2D eigenvalue weighted by Gasteiger charge is 2.20. The van der Waals surface area contributed by atoms with Crippen LogP contribution in [0.5, 0.6) is 11.5 Å². The van der Waals surface area contributed by atoms with Gasteiger partial charge in [0.25, 0.3) is 0 Å². The van der Waals surface area contributed by atoms with Crippen LogP contribution in [0.15, 0.2) is 30.5 Å². The van der Waals surface area contributed by atoms with Gasteiger partial charge in [0.05, 0.1) is 26.0 Å². The molecule has 0 saturated heterocycles. The summed E-state index contributed by atoms with van der Waals surface area (Å²) in [5, 5.41) is 7.75. The normalized spacial score (nSPS) is 12.2. The molecular weight excluding hydrogens is 266 g/mol. The largest absolute Gasteiger partial charge is 0.497 e. The van der Waals surface area contributed by atoms with Crippen LogP contribution < -0.4 is 14.8 Å². The minimum Gasteiger partial charge on any atom is -0.497 e. The molecule has 1 heterocycles. The number of methoxy groups -OCH3 is 2. The molecule has 0 aliphatic heterocycles. The Hall–Kier alpha value is -2.01. The van der Waals surface area contributed by atoms with Crippen LogP contribution in [0, 0.1) is 0 Å². The molecule has 1 aromatic heterocycles. The summed E-state index contributed by atoms with van der Waals surface area (Å²) in [7, 11) is 5.27. The summed E-state index contributed by atoms with van der Waals surface area (Å²) in [5.41, 5.74) is 2.20. The van der Waals surface area contributed by atoms with Crippen molar-refractivity contribution in [3.05, 3.63) is 41.7 Å². The monoisotopic (exact) mass is 289 g/mol. The summed E-state index contributed by atoms with van der Waals surface area (Å²) < 4.78 is 12.8. The van der Waals surface area contributed by atoms with Crippen LogP contribution in [0.4, 0.5) is 0 Å². The van der Waals surface area contributed by atoms with Crippen molar-refractivity contribution < 1.29 is 9.47 Å². The van der Waals surface area contributed by atoms with Crippen molar-refractivity contribution in [2.75, 3.05) is 21.3 Å². The molecule has 2 rings (SSSR count). The van der Waals surface area contributed by atoms with E-state index in [0.29, 0.717) is 0 Å². The number of benzene rings is 1. The average Bonchev–Trinajstić information content (AvgIpc) is 2.97. The highest BCUT2D eigenvalue weighted by molar-refractivity contribution is 5.45. The molecule has 1 aromatic carbocycles. The van der Waals surface area contributed by atoms with E-state index in [4.69, 9.17) is 9.47 Å². The zero-order valence-electron chi connectivity index (χ0n) is 13.1. The van der Waals surface area contributed by atoms with Crippen LogP contribution in [-0.4, -0.2) is 31.0 Å². The van der Waals surface area contributed by atoms with Gasteiger partial charge in [-0.1, -0.05) is 6.92 Å². The lowest BCUT2D eigenvalue weighted by Gasteiger charge is -2.21. The molecule has 0 bridgehead atoms. The smallest absolute Gasteiger partial charge is 0.127 e. The van der Waals surface area contributed by atoms with Gasteiger partial charge in [0.15, 0.2) is 0 Å². The lowest BCUT2D eigenvalue weighted by atomic mass is 10.0. The number of aryl methyl sites for hydroxylation is 1. The van der Waals surface area contributed by atoms with E-state index in [2.05, 4.69) is 17.3 Å². The topological polar surface area (TPSA) is 48.3 Å².